The molecular formula is C20H27N5O3. The lowest BCUT2D eigenvalue weighted by atomic mass is 9.84. The van der Waals surface area contributed by atoms with Gasteiger partial charge in [0.15, 0.2) is 0 Å². The summed E-state index contributed by atoms with van der Waals surface area (Å²) in [5.74, 6) is 0.966. The highest BCUT2D eigenvalue weighted by molar-refractivity contribution is 5.92. The number of hydrogen-bond acceptors (Lipinski definition) is 5. The number of rotatable bonds is 3. The maximum absolute atomic E-state index is 12.9. The van der Waals surface area contributed by atoms with Gasteiger partial charge in [-0.2, -0.15) is 5.10 Å². The van der Waals surface area contributed by atoms with E-state index in [4.69, 9.17) is 4.52 Å². The van der Waals surface area contributed by atoms with Gasteiger partial charge in [0.1, 0.15) is 11.5 Å². The van der Waals surface area contributed by atoms with Crippen molar-refractivity contribution in [3.63, 3.8) is 0 Å². The molecule has 2 saturated heterocycles. The normalized spacial score (nSPS) is 19.1. The fourth-order valence-electron chi connectivity index (χ4n) is 4.63. The Morgan fingerprint density at radius 2 is 1.93 bits per heavy atom. The van der Waals surface area contributed by atoms with Crippen LogP contribution >= 0.6 is 0 Å². The van der Waals surface area contributed by atoms with Crippen LogP contribution in [-0.2, 0) is 18.4 Å². The van der Waals surface area contributed by atoms with Gasteiger partial charge in [-0.3, -0.25) is 14.3 Å². The van der Waals surface area contributed by atoms with Crippen LogP contribution in [0.5, 0.6) is 0 Å². The molecule has 4 heterocycles. The zero-order valence-electron chi connectivity index (χ0n) is 17.0. The highest BCUT2D eigenvalue weighted by Gasteiger charge is 2.47. The van der Waals surface area contributed by atoms with Crippen LogP contribution in [0.1, 0.15) is 58.9 Å². The molecule has 2 amide bonds. The Kier molecular flexibility index (Phi) is 4.51. The first kappa shape index (κ1) is 18.7. The molecule has 0 saturated carbocycles. The molecule has 2 aliphatic heterocycles. The van der Waals surface area contributed by atoms with Gasteiger partial charge in [0.05, 0.1) is 17.9 Å². The van der Waals surface area contributed by atoms with Gasteiger partial charge >= 0.3 is 0 Å². The Morgan fingerprint density at radius 3 is 2.50 bits per heavy atom. The summed E-state index contributed by atoms with van der Waals surface area (Å²) >= 11 is 0. The van der Waals surface area contributed by atoms with E-state index in [-0.39, 0.29) is 17.4 Å². The molecule has 4 rings (SSSR count). The molecule has 0 N–H and O–H groups in total. The first-order valence-corrected chi connectivity index (χ1v) is 9.83. The average molecular weight is 385 g/mol. The first-order valence-electron chi connectivity index (χ1n) is 9.83. The number of aromatic nitrogens is 3. The van der Waals surface area contributed by atoms with Crippen LogP contribution in [0.4, 0.5) is 0 Å². The van der Waals surface area contributed by atoms with Gasteiger partial charge in [-0.25, -0.2) is 0 Å². The zero-order chi connectivity index (χ0) is 20.1. The van der Waals surface area contributed by atoms with E-state index in [1.807, 2.05) is 36.6 Å². The Balaban J connectivity index is 1.49. The summed E-state index contributed by atoms with van der Waals surface area (Å²) in [4.78, 5) is 29.5. The number of nitrogens with zero attached hydrogens (tertiary/aromatic N) is 5. The molecule has 2 aromatic rings. The highest BCUT2D eigenvalue weighted by Crippen LogP contribution is 2.40. The topological polar surface area (TPSA) is 84.5 Å². The lowest BCUT2D eigenvalue weighted by Crippen LogP contribution is -2.54. The van der Waals surface area contributed by atoms with Crippen LogP contribution < -0.4 is 0 Å². The van der Waals surface area contributed by atoms with Crippen molar-refractivity contribution in [1.29, 1.82) is 0 Å². The third kappa shape index (κ3) is 3.00. The second kappa shape index (κ2) is 6.76. The second-order valence-electron chi connectivity index (χ2n) is 8.09. The number of amides is 2. The molecule has 8 nitrogen and oxygen atoms in total. The van der Waals surface area contributed by atoms with E-state index in [1.54, 1.807) is 11.7 Å². The largest absolute Gasteiger partial charge is 0.361 e. The summed E-state index contributed by atoms with van der Waals surface area (Å²) < 4.78 is 6.92. The minimum atomic E-state index is -0.174. The smallest absolute Gasteiger partial charge is 0.272 e. The molecule has 2 fully saturated rings. The third-order valence-corrected chi connectivity index (χ3v) is 6.38. The molecule has 150 valence electrons. The van der Waals surface area contributed by atoms with Crippen molar-refractivity contribution >= 4 is 11.8 Å². The maximum Gasteiger partial charge on any atom is 0.272 e. The van der Waals surface area contributed by atoms with E-state index < -0.39 is 0 Å². The lowest BCUT2D eigenvalue weighted by molar-refractivity contribution is -0.133. The number of carbonyl (C=O) groups is 2. The minimum Gasteiger partial charge on any atom is -0.361 e. The van der Waals surface area contributed by atoms with Crippen molar-refractivity contribution in [2.45, 2.75) is 58.5 Å². The molecule has 0 unspecified atom stereocenters. The van der Waals surface area contributed by atoms with E-state index in [0.717, 1.165) is 42.0 Å². The van der Waals surface area contributed by atoms with Gasteiger partial charge in [0.2, 0.25) is 5.91 Å². The summed E-state index contributed by atoms with van der Waals surface area (Å²) in [5.41, 5.74) is 3.12. The van der Waals surface area contributed by atoms with Crippen LogP contribution in [0.2, 0.25) is 0 Å². The van der Waals surface area contributed by atoms with Crippen molar-refractivity contribution in [1.82, 2.24) is 24.7 Å². The maximum atomic E-state index is 12.9. The molecule has 0 aliphatic carbocycles. The summed E-state index contributed by atoms with van der Waals surface area (Å²) in [5, 5.41) is 8.30. The van der Waals surface area contributed by atoms with Gasteiger partial charge in [0, 0.05) is 37.7 Å². The Morgan fingerprint density at radius 1 is 1.21 bits per heavy atom. The monoisotopic (exact) mass is 385 g/mol. The minimum absolute atomic E-state index is 0.0135. The average Bonchev–Trinajstić information content (AvgIpc) is 3.28. The first-order chi connectivity index (χ1) is 13.3. The Bertz CT molecular complexity index is 901. The SMILES string of the molecule is Cc1cc(C(=O)N2CCC3(CCC(=O)N3Cc3c(C)noc3C)CC2)n(C)n1. The molecule has 0 bridgehead atoms. The molecule has 0 atom stereocenters. The standard InChI is InChI=1S/C20H27N5O3/c1-13-11-17(23(4)21-13)19(27)24-9-7-20(8-10-24)6-5-18(26)25(20)12-16-14(2)22-28-15(16)3/h11H,5-10,12H2,1-4H3. The molecule has 0 aromatic carbocycles. The molecule has 8 heteroatoms. The van der Waals surface area contributed by atoms with Crippen molar-refractivity contribution in [3.05, 3.63) is 34.5 Å². The van der Waals surface area contributed by atoms with Crippen LogP contribution in [0.25, 0.3) is 0 Å². The van der Waals surface area contributed by atoms with Crippen LogP contribution in [-0.4, -0.2) is 55.2 Å². The van der Waals surface area contributed by atoms with Crippen molar-refractivity contribution in [2.24, 2.45) is 7.05 Å². The summed E-state index contributed by atoms with van der Waals surface area (Å²) in [7, 11) is 1.80. The number of carbonyl (C=O) groups excluding carboxylic acids is 2. The molecule has 28 heavy (non-hydrogen) atoms. The van der Waals surface area contributed by atoms with Crippen LogP contribution in [0.3, 0.4) is 0 Å². The summed E-state index contributed by atoms with van der Waals surface area (Å²) in [6, 6.07) is 1.83. The van der Waals surface area contributed by atoms with Gasteiger partial charge in [0.25, 0.3) is 5.91 Å². The lowest BCUT2D eigenvalue weighted by Gasteiger charge is -2.45. The summed E-state index contributed by atoms with van der Waals surface area (Å²) in [6.07, 6.45) is 3.01. The molecule has 2 aromatic heterocycles. The second-order valence-corrected chi connectivity index (χ2v) is 8.09. The zero-order valence-corrected chi connectivity index (χ0v) is 17.0. The molecule has 2 aliphatic rings. The molecular weight excluding hydrogens is 358 g/mol. The molecule has 1 spiro atoms. The number of piperidine rings is 1. The van der Waals surface area contributed by atoms with Crippen molar-refractivity contribution in [3.8, 4) is 0 Å². The van der Waals surface area contributed by atoms with Crippen LogP contribution in [0, 0.1) is 20.8 Å². The predicted octanol–water partition coefficient (Wildman–Crippen LogP) is 2.13. The van der Waals surface area contributed by atoms with E-state index in [2.05, 4.69) is 10.3 Å². The third-order valence-electron chi connectivity index (χ3n) is 6.38. The van der Waals surface area contributed by atoms with Gasteiger partial charge in [-0.1, -0.05) is 5.16 Å². The van der Waals surface area contributed by atoms with E-state index >= 15 is 0 Å². The summed E-state index contributed by atoms with van der Waals surface area (Å²) in [6.45, 7) is 7.52. The molecule has 0 radical (unpaired) electrons. The van der Waals surface area contributed by atoms with Crippen LogP contribution in [0.15, 0.2) is 10.6 Å². The Labute approximate surface area is 164 Å². The van der Waals surface area contributed by atoms with Crippen molar-refractivity contribution < 1.29 is 14.1 Å². The number of aryl methyl sites for hydroxylation is 4. The predicted molar refractivity (Wildman–Crippen MR) is 102 cm³/mol. The van der Waals surface area contributed by atoms with Gasteiger partial charge in [-0.15, -0.1) is 0 Å². The van der Waals surface area contributed by atoms with Gasteiger partial charge in [-0.05, 0) is 46.1 Å². The van der Waals surface area contributed by atoms with E-state index in [1.165, 1.54) is 0 Å². The highest BCUT2D eigenvalue weighted by atomic mass is 16.5. The van der Waals surface area contributed by atoms with E-state index in [0.29, 0.717) is 31.7 Å². The van der Waals surface area contributed by atoms with Crippen molar-refractivity contribution in [2.75, 3.05) is 13.1 Å². The Hall–Kier alpha value is -2.64. The number of hydrogen-bond donors (Lipinski definition) is 0. The fraction of sp³-hybridized carbons (Fsp3) is 0.600. The van der Waals surface area contributed by atoms with E-state index in [9.17, 15) is 9.59 Å². The quantitative estimate of drug-likeness (QED) is 0.808. The van der Waals surface area contributed by atoms with Gasteiger partial charge < -0.3 is 14.3 Å². The fourth-order valence-corrected chi connectivity index (χ4v) is 4.63. The number of likely N-dealkylation sites (tertiary alicyclic amines) is 2.